The Hall–Kier alpha value is -1.89. The summed E-state index contributed by atoms with van der Waals surface area (Å²) in [5.41, 5.74) is 8.38. The molecule has 1 aliphatic heterocycles. The molecule has 3 N–H and O–H groups in total. The molecule has 1 aliphatic rings. The molecule has 2 aromatic heterocycles. The summed E-state index contributed by atoms with van der Waals surface area (Å²) in [5.74, 6) is 0. The number of H-pyrrole nitrogens is 1. The van der Waals surface area contributed by atoms with E-state index >= 15 is 0 Å². The van der Waals surface area contributed by atoms with Crippen LogP contribution in [0, 0.1) is 0 Å². The summed E-state index contributed by atoms with van der Waals surface area (Å²) < 4.78 is 5.47. The Labute approximate surface area is 133 Å². The minimum Gasteiger partial charge on any atom is -0.378 e. The van der Waals surface area contributed by atoms with Crippen molar-refractivity contribution in [3.8, 4) is 0 Å². The van der Waals surface area contributed by atoms with Crippen LogP contribution in [0.15, 0.2) is 35.6 Å². The van der Waals surface area contributed by atoms with Crippen LogP contribution in [0.5, 0.6) is 0 Å². The van der Waals surface area contributed by atoms with Crippen LogP contribution in [0.4, 0.5) is 0 Å². The summed E-state index contributed by atoms with van der Waals surface area (Å²) in [7, 11) is 0. The van der Waals surface area contributed by atoms with E-state index in [0.717, 1.165) is 28.8 Å². The van der Waals surface area contributed by atoms with Crippen LogP contribution >= 0.6 is 11.6 Å². The fourth-order valence-corrected chi connectivity index (χ4v) is 2.60. The second-order valence-electron chi connectivity index (χ2n) is 4.92. The lowest BCUT2D eigenvalue weighted by Crippen LogP contribution is -2.30. The van der Waals surface area contributed by atoms with E-state index in [1.807, 2.05) is 24.4 Å². The Bertz CT molecular complexity index is 709. The highest BCUT2D eigenvalue weighted by atomic mass is 35.5. The molecule has 22 heavy (non-hydrogen) atoms. The largest absolute Gasteiger partial charge is 0.378 e. The topological polar surface area (TPSA) is 79.5 Å². The lowest BCUT2D eigenvalue weighted by molar-refractivity contribution is 0.125. The average Bonchev–Trinajstić information content (AvgIpc) is 2.96. The zero-order valence-electron chi connectivity index (χ0n) is 12.1. The monoisotopic (exact) mass is 319 g/mol. The van der Waals surface area contributed by atoms with E-state index in [0.29, 0.717) is 31.6 Å². The van der Waals surface area contributed by atoms with E-state index < -0.39 is 0 Å². The lowest BCUT2D eigenvalue weighted by Gasteiger charge is -2.28. The molecule has 116 valence electrons. The number of ether oxygens (including phenoxy) is 1. The molecule has 0 radical (unpaired) electrons. The maximum Gasteiger partial charge on any atom is 0.137 e. The van der Waals surface area contributed by atoms with Crippen molar-refractivity contribution >= 4 is 33.5 Å². The molecule has 0 atom stereocenters. The van der Waals surface area contributed by atoms with Gasteiger partial charge in [0, 0.05) is 36.4 Å². The molecule has 6 nitrogen and oxygen atoms in total. The van der Waals surface area contributed by atoms with Crippen LogP contribution in [0.3, 0.4) is 0 Å². The third kappa shape index (κ3) is 3.14. The molecule has 0 bridgehead atoms. The van der Waals surface area contributed by atoms with Crippen LogP contribution in [-0.2, 0) is 4.74 Å². The Balaban J connectivity index is 1.85. The summed E-state index contributed by atoms with van der Waals surface area (Å²) in [4.78, 5) is 13.9. The Morgan fingerprint density at radius 1 is 1.41 bits per heavy atom. The van der Waals surface area contributed by atoms with Crippen LogP contribution in [0.25, 0.3) is 16.7 Å². The number of aromatic nitrogens is 2. The molecule has 3 rings (SSSR count). The van der Waals surface area contributed by atoms with Gasteiger partial charge in [-0.25, -0.2) is 4.98 Å². The summed E-state index contributed by atoms with van der Waals surface area (Å²) in [5, 5.41) is 1.57. The third-order valence-electron chi connectivity index (χ3n) is 3.48. The van der Waals surface area contributed by atoms with Crippen molar-refractivity contribution in [3.63, 3.8) is 0 Å². The van der Waals surface area contributed by atoms with Crippen molar-refractivity contribution in [2.75, 3.05) is 33.0 Å². The first kappa shape index (κ1) is 15.0. The number of allylic oxidation sites excluding steroid dienone is 1. The molecular formula is C15H18ClN5O. The minimum absolute atomic E-state index is 0.507. The van der Waals surface area contributed by atoms with Gasteiger partial charge >= 0.3 is 0 Å². The number of pyridine rings is 1. The first-order valence-corrected chi connectivity index (χ1v) is 7.54. The SMILES string of the molecule is NCCOCCN1CN=C(Cl)C=C1c1c[nH]c2ncccc12. The summed E-state index contributed by atoms with van der Waals surface area (Å²) in [6.07, 6.45) is 5.60. The zero-order chi connectivity index (χ0) is 15.4. The number of nitrogens with one attached hydrogen (secondary N) is 1. The van der Waals surface area contributed by atoms with Gasteiger partial charge in [0.15, 0.2) is 0 Å². The first-order chi connectivity index (χ1) is 10.8. The first-order valence-electron chi connectivity index (χ1n) is 7.16. The second kappa shape index (κ2) is 6.91. The molecule has 0 amide bonds. The van der Waals surface area contributed by atoms with E-state index in [1.54, 1.807) is 6.20 Å². The smallest absolute Gasteiger partial charge is 0.137 e. The number of nitrogens with zero attached hydrogens (tertiary/aromatic N) is 3. The quantitative estimate of drug-likeness (QED) is 0.796. The fraction of sp³-hybridized carbons (Fsp3) is 0.333. The molecule has 7 heteroatoms. The lowest BCUT2D eigenvalue weighted by atomic mass is 10.1. The van der Waals surface area contributed by atoms with Crippen molar-refractivity contribution in [2.45, 2.75) is 0 Å². The highest BCUT2D eigenvalue weighted by Crippen LogP contribution is 2.28. The van der Waals surface area contributed by atoms with Crippen molar-refractivity contribution in [1.29, 1.82) is 0 Å². The van der Waals surface area contributed by atoms with Gasteiger partial charge in [0.2, 0.25) is 0 Å². The van der Waals surface area contributed by atoms with E-state index in [1.165, 1.54) is 0 Å². The van der Waals surface area contributed by atoms with Gasteiger partial charge in [0.1, 0.15) is 17.5 Å². The van der Waals surface area contributed by atoms with Gasteiger partial charge in [0.05, 0.1) is 18.9 Å². The number of halogens is 1. The van der Waals surface area contributed by atoms with E-state index in [-0.39, 0.29) is 0 Å². The van der Waals surface area contributed by atoms with Gasteiger partial charge in [-0.3, -0.25) is 4.99 Å². The molecule has 0 saturated heterocycles. The number of aromatic amines is 1. The van der Waals surface area contributed by atoms with Crippen molar-refractivity contribution < 1.29 is 4.74 Å². The van der Waals surface area contributed by atoms with Crippen LogP contribution < -0.4 is 5.73 Å². The highest BCUT2D eigenvalue weighted by molar-refractivity contribution is 6.69. The maximum absolute atomic E-state index is 6.10. The number of rotatable bonds is 6. The van der Waals surface area contributed by atoms with Crippen molar-refractivity contribution in [1.82, 2.24) is 14.9 Å². The summed E-state index contributed by atoms with van der Waals surface area (Å²) >= 11 is 6.10. The summed E-state index contributed by atoms with van der Waals surface area (Å²) in [6, 6.07) is 3.96. The van der Waals surface area contributed by atoms with Crippen molar-refractivity contribution in [3.05, 3.63) is 36.2 Å². The third-order valence-corrected chi connectivity index (χ3v) is 3.71. The Kier molecular flexibility index (Phi) is 4.72. The predicted molar refractivity (Wildman–Crippen MR) is 88.8 cm³/mol. The maximum atomic E-state index is 6.10. The number of fused-ring (bicyclic) bond motifs is 1. The molecule has 0 spiro atoms. The van der Waals surface area contributed by atoms with Gasteiger partial charge in [0.25, 0.3) is 0 Å². The van der Waals surface area contributed by atoms with E-state index in [9.17, 15) is 0 Å². The van der Waals surface area contributed by atoms with Crippen LogP contribution in [0.1, 0.15) is 5.56 Å². The highest BCUT2D eigenvalue weighted by Gasteiger charge is 2.19. The van der Waals surface area contributed by atoms with Gasteiger partial charge < -0.3 is 20.4 Å². The predicted octanol–water partition coefficient (Wildman–Crippen LogP) is 1.79. The molecule has 0 fully saturated rings. The standard InChI is InChI=1S/C15H18ClN5O/c16-14-8-13(21(10-20-14)5-7-22-6-3-17)12-9-19-15-11(12)2-1-4-18-15/h1-2,4,8-9H,3,5-7,10,17H2,(H,18,19). The molecule has 2 aromatic rings. The van der Waals surface area contributed by atoms with Gasteiger partial charge in [-0.15, -0.1) is 0 Å². The average molecular weight is 320 g/mol. The molecule has 0 saturated carbocycles. The van der Waals surface area contributed by atoms with E-state index in [4.69, 9.17) is 22.1 Å². The molecule has 0 aromatic carbocycles. The molecule has 0 unspecified atom stereocenters. The van der Waals surface area contributed by atoms with Gasteiger partial charge in [-0.2, -0.15) is 0 Å². The van der Waals surface area contributed by atoms with Crippen molar-refractivity contribution in [2.24, 2.45) is 10.7 Å². The molecule has 0 aliphatic carbocycles. The zero-order valence-corrected chi connectivity index (χ0v) is 12.9. The van der Waals surface area contributed by atoms with Crippen LogP contribution in [0.2, 0.25) is 0 Å². The normalized spacial score (nSPS) is 15.1. The van der Waals surface area contributed by atoms with Crippen LogP contribution in [-0.4, -0.2) is 53.0 Å². The number of hydrogen-bond acceptors (Lipinski definition) is 5. The van der Waals surface area contributed by atoms with E-state index in [2.05, 4.69) is 19.9 Å². The minimum atomic E-state index is 0.507. The summed E-state index contributed by atoms with van der Waals surface area (Å²) in [6.45, 7) is 2.94. The number of nitrogens with two attached hydrogens (primary N) is 1. The Morgan fingerprint density at radius 2 is 2.32 bits per heavy atom. The fourth-order valence-electron chi connectivity index (χ4n) is 2.45. The van der Waals surface area contributed by atoms with Gasteiger partial charge in [-0.1, -0.05) is 11.6 Å². The second-order valence-corrected chi connectivity index (χ2v) is 5.31. The molecule has 3 heterocycles. The van der Waals surface area contributed by atoms with Gasteiger partial charge in [-0.05, 0) is 18.2 Å². The number of aliphatic imine (C=N–C) groups is 1. The Morgan fingerprint density at radius 3 is 3.18 bits per heavy atom. The number of hydrogen-bond donors (Lipinski definition) is 2. The molecular weight excluding hydrogens is 302 g/mol.